The van der Waals surface area contributed by atoms with Crippen molar-refractivity contribution in [1.82, 2.24) is 9.97 Å². The first-order valence-corrected chi connectivity index (χ1v) is 4.90. The lowest BCUT2D eigenvalue weighted by atomic mass is 10.2. The summed E-state index contributed by atoms with van der Waals surface area (Å²) >= 11 is 0. The molecule has 2 heterocycles. The summed E-state index contributed by atoms with van der Waals surface area (Å²) in [5, 5.41) is 0. The average molecular weight is 188 g/mol. The SMILES string of the molecule is Cc1cc(-c2cc(C)c(C)[nH]2)[nH]c1C. The normalized spacial score (nSPS) is 10.9. The van der Waals surface area contributed by atoms with Gasteiger partial charge in [0, 0.05) is 11.4 Å². The molecule has 0 saturated carbocycles. The number of hydrogen-bond acceptors (Lipinski definition) is 0. The van der Waals surface area contributed by atoms with Gasteiger partial charge in [-0.15, -0.1) is 0 Å². The fourth-order valence-corrected chi connectivity index (χ4v) is 1.61. The van der Waals surface area contributed by atoms with Crippen LogP contribution in [0.4, 0.5) is 0 Å². The summed E-state index contributed by atoms with van der Waals surface area (Å²) < 4.78 is 0. The van der Waals surface area contributed by atoms with Crippen LogP contribution < -0.4 is 0 Å². The monoisotopic (exact) mass is 188 g/mol. The Morgan fingerprint density at radius 1 is 0.714 bits per heavy atom. The van der Waals surface area contributed by atoms with Crippen LogP contribution in [0.5, 0.6) is 0 Å². The molecule has 14 heavy (non-hydrogen) atoms. The van der Waals surface area contributed by atoms with Crippen LogP contribution in [-0.4, -0.2) is 9.97 Å². The van der Waals surface area contributed by atoms with Crippen LogP contribution in [0.3, 0.4) is 0 Å². The lowest BCUT2D eigenvalue weighted by Crippen LogP contribution is -1.78. The Morgan fingerprint density at radius 3 is 1.29 bits per heavy atom. The Kier molecular flexibility index (Phi) is 1.99. The Labute approximate surface area is 84.4 Å². The third-order valence-electron chi connectivity index (χ3n) is 2.84. The first-order valence-electron chi connectivity index (χ1n) is 4.90. The molecule has 0 atom stereocenters. The number of H-pyrrole nitrogens is 2. The molecule has 2 aromatic heterocycles. The Morgan fingerprint density at radius 2 is 1.07 bits per heavy atom. The van der Waals surface area contributed by atoms with Crippen LogP contribution in [0.2, 0.25) is 0 Å². The highest BCUT2D eigenvalue weighted by molar-refractivity contribution is 5.59. The second-order valence-electron chi connectivity index (χ2n) is 3.98. The van der Waals surface area contributed by atoms with E-state index >= 15 is 0 Å². The fraction of sp³-hybridized carbons (Fsp3) is 0.333. The van der Waals surface area contributed by atoms with E-state index in [1.54, 1.807) is 0 Å². The highest BCUT2D eigenvalue weighted by Crippen LogP contribution is 2.22. The largest absolute Gasteiger partial charge is 0.357 e. The van der Waals surface area contributed by atoms with Crippen LogP contribution in [0.15, 0.2) is 12.1 Å². The molecular formula is C12H16N2. The average Bonchev–Trinajstić information content (AvgIpc) is 2.60. The van der Waals surface area contributed by atoms with Crippen molar-refractivity contribution in [2.45, 2.75) is 27.7 Å². The van der Waals surface area contributed by atoms with Crippen molar-refractivity contribution in [1.29, 1.82) is 0 Å². The minimum atomic E-state index is 1.18. The lowest BCUT2D eigenvalue weighted by molar-refractivity contribution is 1.20. The summed E-state index contributed by atoms with van der Waals surface area (Å²) in [7, 11) is 0. The molecule has 2 rings (SSSR count). The second kappa shape index (κ2) is 3.05. The van der Waals surface area contributed by atoms with Gasteiger partial charge in [0.15, 0.2) is 0 Å². The molecule has 0 spiro atoms. The molecule has 0 radical (unpaired) electrons. The van der Waals surface area contributed by atoms with Gasteiger partial charge in [-0.2, -0.15) is 0 Å². The minimum Gasteiger partial charge on any atom is -0.357 e. The van der Waals surface area contributed by atoms with Crippen molar-refractivity contribution < 1.29 is 0 Å². The summed E-state index contributed by atoms with van der Waals surface area (Å²) in [6.07, 6.45) is 0. The van der Waals surface area contributed by atoms with Gasteiger partial charge in [-0.25, -0.2) is 0 Å². The van der Waals surface area contributed by atoms with Gasteiger partial charge in [0.25, 0.3) is 0 Å². The zero-order valence-corrected chi connectivity index (χ0v) is 9.15. The summed E-state index contributed by atoms with van der Waals surface area (Å²) in [5.74, 6) is 0. The molecule has 0 aromatic carbocycles. The predicted molar refractivity (Wildman–Crippen MR) is 59.5 cm³/mol. The van der Waals surface area contributed by atoms with E-state index in [2.05, 4.69) is 49.8 Å². The van der Waals surface area contributed by atoms with E-state index in [1.165, 1.54) is 33.9 Å². The van der Waals surface area contributed by atoms with Gasteiger partial charge in [-0.3, -0.25) is 0 Å². The van der Waals surface area contributed by atoms with E-state index in [9.17, 15) is 0 Å². The molecule has 0 saturated heterocycles. The van der Waals surface area contributed by atoms with Crippen molar-refractivity contribution in [2.24, 2.45) is 0 Å². The maximum Gasteiger partial charge on any atom is 0.0624 e. The standard InChI is InChI=1S/C12H16N2/c1-7-5-11(13-9(7)3)12-6-8(2)10(4)14-12/h5-6,13-14H,1-4H3. The van der Waals surface area contributed by atoms with Gasteiger partial charge in [0.2, 0.25) is 0 Å². The summed E-state index contributed by atoms with van der Waals surface area (Å²) in [4.78, 5) is 6.74. The number of rotatable bonds is 1. The van der Waals surface area contributed by atoms with E-state index in [-0.39, 0.29) is 0 Å². The van der Waals surface area contributed by atoms with Gasteiger partial charge in [-0.05, 0) is 51.0 Å². The van der Waals surface area contributed by atoms with E-state index in [0.717, 1.165) is 0 Å². The highest BCUT2D eigenvalue weighted by atomic mass is 14.8. The zero-order valence-electron chi connectivity index (χ0n) is 9.15. The molecule has 0 unspecified atom stereocenters. The van der Waals surface area contributed by atoms with E-state index < -0.39 is 0 Å². The van der Waals surface area contributed by atoms with Gasteiger partial charge in [0.05, 0.1) is 11.4 Å². The molecule has 0 fully saturated rings. The van der Waals surface area contributed by atoms with E-state index in [4.69, 9.17) is 0 Å². The second-order valence-corrected chi connectivity index (χ2v) is 3.98. The number of nitrogens with one attached hydrogen (secondary N) is 2. The number of aryl methyl sites for hydroxylation is 4. The van der Waals surface area contributed by atoms with Gasteiger partial charge in [0.1, 0.15) is 0 Å². The first kappa shape index (κ1) is 9.13. The van der Waals surface area contributed by atoms with Gasteiger partial charge < -0.3 is 9.97 Å². The molecule has 0 aliphatic carbocycles. The van der Waals surface area contributed by atoms with Gasteiger partial charge in [-0.1, -0.05) is 0 Å². The van der Waals surface area contributed by atoms with Crippen molar-refractivity contribution in [2.75, 3.05) is 0 Å². The van der Waals surface area contributed by atoms with Crippen molar-refractivity contribution >= 4 is 0 Å². The van der Waals surface area contributed by atoms with Crippen LogP contribution in [-0.2, 0) is 0 Å². The third-order valence-corrected chi connectivity index (χ3v) is 2.84. The molecule has 2 N–H and O–H groups in total. The van der Waals surface area contributed by atoms with Crippen molar-refractivity contribution in [3.63, 3.8) is 0 Å². The van der Waals surface area contributed by atoms with Gasteiger partial charge >= 0.3 is 0 Å². The maximum atomic E-state index is 3.37. The number of aromatic amines is 2. The van der Waals surface area contributed by atoms with Crippen molar-refractivity contribution in [3.8, 4) is 11.4 Å². The summed E-state index contributed by atoms with van der Waals surface area (Å²) in [5.41, 5.74) is 7.46. The zero-order chi connectivity index (χ0) is 10.3. The summed E-state index contributed by atoms with van der Waals surface area (Å²) in [6.45, 7) is 8.44. The Balaban J connectivity index is 2.49. The number of hydrogen-bond donors (Lipinski definition) is 2. The van der Waals surface area contributed by atoms with E-state index in [1.807, 2.05) is 0 Å². The third kappa shape index (κ3) is 1.37. The molecule has 74 valence electrons. The topological polar surface area (TPSA) is 31.6 Å². The number of aromatic nitrogens is 2. The Bertz CT molecular complexity index is 377. The molecule has 2 aromatic rings. The first-order chi connectivity index (χ1) is 6.58. The smallest absolute Gasteiger partial charge is 0.0624 e. The molecular weight excluding hydrogens is 172 g/mol. The molecule has 2 nitrogen and oxygen atoms in total. The van der Waals surface area contributed by atoms with Crippen LogP contribution in [0.25, 0.3) is 11.4 Å². The minimum absolute atomic E-state index is 1.18. The van der Waals surface area contributed by atoms with Crippen LogP contribution in [0.1, 0.15) is 22.5 Å². The lowest BCUT2D eigenvalue weighted by Gasteiger charge is -1.91. The highest BCUT2D eigenvalue weighted by Gasteiger charge is 2.06. The molecule has 0 amide bonds. The molecule has 2 heteroatoms. The fourth-order valence-electron chi connectivity index (χ4n) is 1.61. The van der Waals surface area contributed by atoms with Crippen LogP contribution >= 0.6 is 0 Å². The summed E-state index contributed by atoms with van der Waals surface area (Å²) in [6, 6.07) is 4.36. The quantitative estimate of drug-likeness (QED) is 0.688. The molecule has 0 aliphatic rings. The molecule has 0 bridgehead atoms. The van der Waals surface area contributed by atoms with E-state index in [0.29, 0.717) is 0 Å². The van der Waals surface area contributed by atoms with Crippen LogP contribution in [0, 0.1) is 27.7 Å². The Hall–Kier alpha value is -1.44. The van der Waals surface area contributed by atoms with Crippen molar-refractivity contribution in [3.05, 3.63) is 34.6 Å². The maximum absolute atomic E-state index is 3.37. The molecule has 0 aliphatic heterocycles. The predicted octanol–water partition coefficient (Wildman–Crippen LogP) is 3.24.